The van der Waals surface area contributed by atoms with E-state index in [1.54, 1.807) is 0 Å². The summed E-state index contributed by atoms with van der Waals surface area (Å²) in [4.78, 5) is 0. The molecule has 0 saturated carbocycles. The molecule has 10 heavy (non-hydrogen) atoms. The van der Waals surface area contributed by atoms with Gasteiger partial charge in [0.2, 0.25) is 0 Å². The average Bonchev–Trinajstić information content (AvgIpc) is 1.93. The molecule has 0 heterocycles. The van der Waals surface area contributed by atoms with Gasteiger partial charge in [0.05, 0.1) is 0 Å². The van der Waals surface area contributed by atoms with Gasteiger partial charge >= 0.3 is 41.0 Å². The minimum Gasteiger partial charge on any atom is -0.330 e. The Labute approximate surface area is 72.3 Å². The van der Waals surface area contributed by atoms with E-state index in [-0.39, 0.29) is 17.1 Å². The molecule has 0 amide bonds. The molecule has 60 valence electrons. The normalized spacial score (nSPS) is 7.60. The average molecular weight is 198 g/mol. The van der Waals surface area contributed by atoms with Crippen molar-refractivity contribution in [3.05, 3.63) is 0 Å². The molecule has 0 aromatic carbocycles. The topological polar surface area (TPSA) is 52.0 Å². The van der Waals surface area contributed by atoms with E-state index in [1.165, 1.54) is 10.0 Å². The number of hydrogen-bond donors (Lipinski definition) is 2. The SMILES string of the molecule is C[CH2][Zn][CH2]C.NCCCN. The number of rotatable bonds is 4. The molecule has 0 spiro atoms. The van der Waals surface area contributed by atoms with Gasteiger partial charge in [-0.2, -0.15) is 0 Å². The van der Waals surface area contributed by atoms with Gasteiger partial charge in [-0.05, 0) is 19.5 Å². The van der Waals surface area contributed by atoms with Crippen LogP contribution in [0.3, 0.4) is 0 Å². The van der Waals surface area contributed by atoms with Gasteiger partial charge in [-0.15, -0.1) is 0 Å². The second-order valence-electron chi connectivity index (χ2n) is 2.28. The summed E-state index contributed by atoms with van der Waals surface area (Å²) in [5.41, 5.74) is 10.1. The van der Waals surface area contributed by atoms with Gasteiger partial charge in [-0.3, -0.25) is 0 Å². The predicted molar refractivity (Wildman–Crippen MR) is 43.7 cm³/mol. The molecule has 2 nitrogen and oxygen atoms in total. The summed E-state index contributed by atoms with van der Waals surface area (Å²) in [6.07, 6.45) is 0.944. The minimum absolute atomic E-state index is 0.0972. The van der Waals surface area contributed by atoms with Crippen molar-refractivity contribution in [2.75, 3.05) is 13.1 Å². The molecule has 0 aromatic heterocycles. The zero-order chi connectivity index (χ0) is 8.24. The zero-order valence-electron chi connectivity index (χ0n) is 7.40. The van der Waals surface area contributed by atoms with Crippen molar-refractivity contribution in [2.45, 2.75) is 30.3 Å². The summed E-state index contributed by atoms with van der Waals surface area (Å²) >= 11 is 0.0972. The Kier molecular flexibility index (Phi) is 21.4. The molecule has 0 rings (SSSR count). The van der Waals surface area contributed by atoms with Crippen molar-refractivity contribution >= 4 is 0 Å². The second kappa shape index (κ2) is 16.3. The fraction of sp³-hybridized carbons (Fsp3) is 1.00. The molecule has 0 aliphatic carbocycles. The third kappa shape index (κ3) is 23.6. The fourth-order valence-electron chi connectivity index (χ4n) is 0.471. The molecule has 0 unspecified atom stereocenters. The Bertz CT molecular complexity index is 32.6. The maximum Gasteiger partial charge on any atom is -0.00653 e. The molecule has 0 saturated heterocycles. The first kappa shape index (κ1) is 13.2. The van der Waals surface area contributed by atoms with Gasteiger partial charge in [-0.1, -0.05) is 0 Å². The van der Waals surface area contributed by atoms with Crippen LogP contribution in [-0.2, 0) is 17.1 Å². The molecule has 0 radical (unpaired) electrons. The van der Waals surface area contributed by atoms with E-state index >= 15 is 0 Å². The van der Waals surface area contributed by atoms with Crippen LogP contribution in [0.25, 0.3) is 0 Å². The van der Waals surface area contributed by atoms with Gasteiger partial charge < -0.3 is 11.5 Å². The van der Waals surface area contributed by atoms with Crippen LogP contribution in [0.4, 0.5) is 0 Å². The minimum atomic E-state index is 0.0972. The summed E-state index contributed by atoms with van der Waals surface area (Å²) in [6, 6.07) is 0. The zero-order valence-corrected chi connectivity index (χ0v) is 10.4. The summed E-state index contributed by atoms with van der Waals surface area (Å²) in [7, 11) is 0. The fourth-order valence-corrected chi connectivity index (χ4v) is 1.95. The molecular weight excluding hydrogens is 177 g/mol. The van der Waals surface area contributed by atoms with Crippen molar-refractivity contribution in [3.8, 4) is 0 Å². The van der Waals surface area contributed by atoms with Crippen LogP contribution >= 0.6 is 0 Å². The van der Waals surface area contributed by atoms with E-state index in [4.69, 9.17) is 11.5 Å². The van der Waals surface area contributed by atoms with Gasteiger partial charge in [0.1, 0.15) is 0 Å². The Hall–Kier alpha value is 0.543. The van der Waals surface area contributed by atoms with E-state index in [2.05, 4.69) is 13.8 Å². The Morgan fingerprint density at radius 3 is 1.40 bits per heavy atom. The van der Waals surface area contributed by atoms with Crippen molar-refractivity contribution in [1.82, 2.24) is 0 Å². The molecule has 4 N–H and O–H groups in total. The molecule has 0 atom stereocenters. The molecule has 0 aromatic rings. The van der Waals surface area contributed by atoms with Crippen molar-refractivity contribution < 1.29 is 17.1 Å². The first-order valence-corrected chi connectivity index (χ1v) is 8.43. The molecule has 0 fully saturated rings. The Balaban J connectivity index is 0. The third-order valence-electron chi connectivity index (χ3n) is 1.12. The standard InChI is InChI=1S/C3H10N2.2C2H5.Zn/c4-2-1-3-5;2*1-2;/h1-5H2;2*1H2,2H3;. The molecule has 0 bridgehead atoms. The maximum absolute atomic E-state index is 5.06. The number of nitrogens with two attached hydrogens (primary N) is 2. The first-order valence-electron chi connectivity index (χ1n) is 4.23. The van der Waals surface area contributed by atoms with Crippen LogP contribution < -0.4 is 11.5 Å². The van der Waals surface area contributed by atoms with Crippen molar-refractivity contribution in [3.63, 3.8) is 0 Å². The van der Waals surface area contributed by atoms with Crippen LogP contribution in [0.2, 0.25) is 10.0 Å². The third-order valence-corrected chi connectivity index (χ3v) is 4.08. The smallest absolute Gasteiger partial charge is 0.00653 e. The molecule has 3 heteroatoms. The Morgan fingerprint density at radius 1 is 1.00 bits per heavy atom. The summed E-state index contributed by atoms with van der Waals surface area (Å²) < 4.78 is 0. The molecular formula is C7H20N2Zn. The Morgan fingerprint density at radius 2 is 1.40 bits per heavy atom. The summed E-state index contributed by atoms with van der Waals surface area (Å²) in [5, 5.41) is 3.06. The van der Waals surface area contributed by atoms with Gasteiger partial charge in [0.25, 0.3) is 0 Å². The predicted octanol–water partition coefficient (Wildman–Crippen LogP) is 1.24. The van der Waals surface area contributed by atoms with Crippen LogP contribution in [0.15, 0.2) is 0 Å². The summed E-state index contributed by atoms with van der Waals surface area (Å²) in [6.45, 7) is 6.03. The molecule has 0 aliphatic heterocycles. The van der Waals surface area contributed by atoms with E-state index < -0.39 is 0 Å². The van der Waals surface area contributed by atoms with Gasteiger partial charge in [-0.25, -0.2) is 0 Å². The van der Waals surface area contributed by atoms with Crippen LogP contribution in [0.1, 0.15) is 20.3 Å². The van der Waals surface area contributed by atoms with Crippen molar-refractivity contribution in [1.29, 1.82) is 0 Å². The van der Waals surface area contributed by atoms with Crippen LogP contribution in [0, 0.1) is 0 Å². The number of hydrogen-bond acceptors (Lipinski definition) is 2. The van der Waals surface area contributed by atoms with Crippen LogP contribution in [0.5, 0.6) is 0 Å². The van der Waals surface area contributed by atoms with Gasteiger partial charge in [0, 0.05) is 0 Å². The largest absolute Gasteiger partial charge is 0.330 e. The monoisotopic (exact) mass is 196 g/mol. The summed E-state index contributed by atoms with van der Waals surface area (Å²) in [5.74, 6) is 0. The van der Waals surface area contributed by atoms with E-state index in [0.29, 0.717) is 0 Å². The van der Waals surface area contributed by atoms with Crippen LogP contribution in [-0.4, -0.2) is 13.1 Å². The second-order valence-corrected chi connectivity index (χ2v) is 7.96. The molecule has 0 aliphatic rings. The maximum atomic E-state index is 5.06. The first-order chi connectivity index (χ1) is 4.83. The quantitative estimate of drug-likeness (QED) is 0.667. The van der Waals surface area contributed by atoms with Crippen molar-refractivity contribution in [2.24, 2.45) is 11.5 Å². The van der Waals surface area contributed by atoms with E-state index in [9.17, 15) is 0 Å². The van der Waals surface area contributed by atoms with E-state index in [0.717, 1.165) is 19.5 Å². The van der Waals surface area contributed by atoms with E-state index in [1.807, 2.05) is 0 Å². The van der Waals surface area contributed by atoms with Gasteiger partial charge in [0.15, 0.2) is 0 Å².